The van der Waals surface area contributed by atoms with Crippen molar-refractivity contribution in [3.8, 4) is 10.6 Å². The van der Waals surface area contributed by atoms with E-state index in [1.165, 1.54) is 6.26 Å². The van der Waals surface area contributed by atoms with Crippen LogP contribution in [-0.4, -0.2) is 21.2 Å². The number of carbonyl (C=O) groups is 1. The first kappa shape index (κ1) is 9.66. The maximum atomic E-state index is 10.8. The summed E-state index contributed by atoms with van der Waals surface area (Å²) in [5.74, 6) is -0.785. The Labute approximate surface area is 88.3 Å². The molecule has 2 aromatic rings. The minimum Gasteiger partial charge on any atom is -0.477 e. The number of aryl methyl sites for hydroxylation is 1. The number of carboxylic acid groups (broad SMARTS) is 1. The van der Waals surface area contributed by atoms with Gasteiger partial charge in [-0.1, -0.05) is 5.16 Å². The predicted octanol–water partition coefficient (Wildman–Crippen LogP) is 1.39. The van der Waals surface area contributed by atoms with E-state index in [9.17, 15) is 4.79 Å². The van der Waals surface area contributed by atoms with E-state index >= 15 is 0 Å². The first-order valence-electron chi connectivity index (χ1n) is 4.00. The van der Waals surface area contributed by atoms with Crippen molar-refractivity contribution in [2.75, 3.05) is 5.73 Å². The molecular formula is C8H7N3O3S. The summed E-state index contributed by atoms with van der Waals surface area (Å²) < 4.78 is 4.65. The zero-order valence-corrected chi connectivity index (χ0v) is 8.54. The van der Waals surface area contributed by atoms with Gasteiger partial charge in [0.1, 0.15) is 16.1 Å². The molecule has 78 valence electrons. The largest absolute Gasteiger partial charge is 0.477 e. The van der Waals surface area contributed by atoms with Crippen LogP contribution in [0, 0.1) is 6.92 Å². The Kier molecular flexibility index (Phi) is 2.16. The van der Waals surface area contributed by atoms with Crippen LogP contribution in [0.25, 0.3) is 10.6 Å². The Morgan fingerprint density at radius 3 is 2.87 bits per heavy atom. The molecule has 0 aromatic carbocycles. The Morgan fingerprint density at radius 2 is 2.40 bits per heavy atom. The summed E-state index contributed by atoms with van der Waals surface area (Å²) in [6.45, 7) is 1.63. The van der Waals surface area contributed by atoms with Crippen LogP contribution in [0.4, 0.5) is 5.82 Å². The van der Waals surface area contributed by atoms with Crippen LogP contribution in [0.1, 0.15) is 15.4 Å². The molecule has 0 saturated heterocycles. The third-order valence-electron chi connectivity index (χ3n) is 1.82. The van der Waals surface area contributed by atoms with Gasteiger partial charge in [-0.15, -0.1) is 11.3 Å². The first-order chi connectivity index (χ1) is 7.09. The number of aromatic nitrogens is 2. The molecule has 0 bridgehead atoms. The summed E-state index contributed by atoms with van der Waals surface area (Å²) in [4.78, 5) is 15.1. The van der Waals surface area contributed by atoms with Gasteiger partial charge in [-0.05, 0) is 6.92 Å². The lowest BCUT2D eigenvalue weighted by molar-refractivity contribution is 0.0701. The molecule has 15 heavy (non-hydrogen) atoms. The third-order valence-corrected chi connectivity index (χ3v) is 3.00. The van der Waals surface area contributed by atoms with E-state index in [0.717, 1.165) is 11.3 Å². The quantitative estimate of drug-likeness (QED) is 0.800. The number of aromatic carboxylic acids is 1. The van der Waals surface area contributed by atoms with Crippen LogP contribution < -0.4 is 5.73 Å². The van der Waals surface area contributed by atoms with Gasteiger partial charge in [0, 0.05) is 0 Å². The Bertz CT molecular complexity index is 517. The highest BCUT2D eigenvalue weighted by molar-refractivity contribution is 7.17. The second-order valence-corrected chi connectivity index (χ2v) is 3.85. The number of nitrogens with two attached hydrogens (primary N) is 1. The fourth-order valence-electron chi connectivity index (χ4n) is 1.12. The highest BCUT2D eigenvalue weighted by Gasteiger charge is 2.17. The number of carboxylic acids is 1. The van der Waals surface area contributed by atoms with Crippen molar-refractivity contribution in [2.24, 2.45) is 0 Å². The molecule has 0 radical (unpaired) electrons. The summed E-state index contributed by atoms with van der Waals surface area (Å²) in [6.07, 6.45) is 1.35. The standard InChI is InChI=1S/C8H7N3O3S/c1-3-5(8(12)13)15-7(10-3)4-2-14-11-6(4)9/h2H,1H3,(H2,9,11)(H,12,13). The third kappa shape index (κ3) is 1.57. The van der Waals surface area contributed by atoms with Crippen molar-refractivity contribution < 1.29 is 14.4 Å². The first-order valence-corrected chi connectivity index (χ1v) is 4.82. The van der Waals surface area contributed by atoms with E-state index in [4.69, 9.17) is 10.8 Å². The summed E-state index contributed by atoms with van der Waals surface area (Å²) in [5.41, 5.74) is 6.51. The minimum atomic E-state index is -0.994. The van der Waals surface area contributed by atoms with Gasteiger partial charge < -0.3 is 15.4 Å². The zero-order chi connectivity index (χ0) is 11.0. The molecule has 0 saturated carbocycles. The van der Waals surface area contributed by atoms with E-state index in [1.807, 2.05) is 0 Å². The number of nitrogens with zero attached hydrogens (tertiary/aromatic N) is 2. The molecule has 7 heteroatoms. The van der Waals surface area contributed by atoms with E-state index in [-0.39, 0.29) is 10.7 Å². The van der Waals surface area contributed by atoms with Gasteiger partial charge in [0.15, 0.2) is 5.82 Å². The molecule has 2 aromatic heterocycles. The molecule has 0 spiro atoms. The molecule has 0 atom stereocenters. The van der Waals surface area contributed by atoms with Crippen LogP contribution in [-0.2, 0) is 0 Å². The maximum Gasteiger partial charge on any atom is 0.347 e. The lowest BCUT2D eigenvalue weighted by Gasteiger charge is -1.87. The lowest BCUT2D eigenvalue weighted by Crippen LogP contribution is -1.94. The molecule has 0 aliphatic carbocycles. The van der Waals surface area contributed by atoms with Crippen molar-refractivity contribution in [2.45, 2.75) is 6.92 Å². The van der Waals surface area contributed by atoms with Crippen molar-refractivity contribution in [3.05, 3.63) is 16.8 Å². The molecule has 0 amide bonds. The average molecular weight is 225 g/mol. The molecule has 0 aliphatic heterocycles. The van der Waals surface area contributed by atoms with Gasteiger partial charge in [-0.3, -0.25) is 0 Å². The number of hydrogen-bond donors (Lipinski definition) is 2. The average Bonchev–Trinajstić information content (AvgIpc) is 2.71. The van der Waals surface area contributed by atoms with Crippen LogP contribution in [0.15, 0.2) is 10.8 Å². The molecule has 0 unspecified atom stereocenters. The van der Waals surface area contributed by atoms with Crippen LogP contribution in [0.2, 0.25) is 0 Å². The number of nitrogen functional groups attached to an aromatic ring is 1. The smallest absolute Gasteiger partial charge is 0.347 e. The summed E-state index contributed by atoms with van der Waals surface area (Å²) in [7, 11) is 0. The van der Waals surface area contributed by atoms with Gasteiger partial charge >= 0.3 is 5.97 Å². The van der Waals surface area contributed by atoms with Crippen LogP contribution in [0.3, 0.4) is 0 Å². The highest BCUT2D eigenvalue weighted by atomic mass is 32.1. The topological polar surface area (TPSA) is 102 Å². The van der Waals surface area contributed by atoms with E-state index < -0.39 is 5.97 Å². The summed E-state index contributed by atoms with van der Waals surface area (Å²) in [5, 5.41) is 12.8. The highest BCUT2D eigenvalue weighted by Crippen LogP contribution is 2.30. The van der Waals surface area contributed by atoms with Crippen molar-refractivity contribution in [1.29, 1.82) is 0 Å². The number of hydrogen-bond acceptors (Lipinski definition) is 6. The number of anilines is 1. The minimum absolute atomic E-state index is 0.200. The lowest BCUT2D eigenvalue weighted by atomic mass is 10.3. The van der Waals surface area contributed by atoms with Gasteiger partial charge in [-0.2, -0.15) is 0 Å². The van der Waals surface area contributed by atoms with Gasteiger partial charge in [0.25, 0.3) is 0 Å². The predicted molar refractivity (Wildman–Crippen MR) is 53.7 cm³/mol. The molecule has 0 fully saturated rings. The van der Waals surface area contributed by atoms with Crippen molar-refractivity contribution in [1.82, 2.24) is 10.1 Å². The Hall–Kier alpha value is -1.89. The maximum absolute atomic E-state index is 10.8. The van der Waals surface area contributed by atoms with E-state index in [0.29, 0.717) is 16.3 Å². The van der Waals surface area contributed by atoms with E-state index in [2.05, 4.69) is 14.7 Å². The monoisotopic (exact) mass is 225 g/mol. The zero-order valence-electron chi connectivity index (χ0n) is 7.72. The molecular weight excluding hydrogens is 218 g/mol. The Morgan fingerprint density at radius 1 is 1.67 bits per heavy atom. The van der Waals surface area contributed by atoms with Crippen molar-refractivity contribution >= 4 is 23.1 Å². The van der Waals surface area contributed by atoms with Gasteiger partial charge in [-0.25, -0.2) is 9.78 Å². The second-order valence-electron chi connectivity index (χ2n) is 2.85. The van der Waals surface area contributed by atoms with Crippen LogP contribution >= 0.6 is 11.3 Å². The SMILES string of the molecule is Cc1nc(-c2conc2N)sc1C(=O)O. The molecule has 3 N–H and O–H groups in total. The van der Waals surface area contributed by atoms with E-state index in [1.54, 1.807) is 6.92 Å². The normalized spacial score (nSPS) is 10.5. The van der Waals surface area contributed by atoms with Crippen LogP contribution in [0.5, 0.6) is 0 Å². The molecule has 0 aliphatic rings. The molecule has 6 nitrogen and oxygen atoms in total. The number of thiazole rings is 1. The summed E-state index contributed by atoms with van der Waals surface area (Å²) >= 11 is 1.05. The van der Waals surface area contributed by atoms with Crippen molar-refractivity contribution in [3.63, 3.8) is 0 Å². The second kappa shape index (κ2) is 3.35. The van der Waals surface area contributed by atoms with Gasteiger partial charge in [0.2, 0.25) is 0 Å². The summed E-state index contributed by atoms with van der Waals surface area (Å²) in [6, 6.07) is 0. The molecule has 2 rings (SSSR count). The fourth-order valence-corrected chi connectivity index (χ4v) is 2.03. The molecule has 2 heterocycles. The number of rotatable bonds is 2. The fraction of sp³-hybridized carbons (Fsp3) is 0.125. The van der Waals surface area contributed by atoms with Gasteiger partial charge in [0.05, 0.1) is 11.3 Å². The Balaban J connectivity index is 2.52.